The fourth-order valence-electron chi connectivity index (χ4n) is 3.21. The summed E-state index contributed by atoms with van der Waals surface area (Å²) in [5.74, 6) is 0.394. The molecular formula is C21H19ClFN5O. The summed E-state index contributed by atoms with van der Waals surface area (Å²) in [5, 5.41) is 7.63. The lowest BCUT2D eigenvalue weighted by atomic mass is 10.2. The summed E-state index contributed by atoms with van der Waals surface area (Å²) in [6.07, 6.45) is 4.01. The Morgan fingerprint density at radius 3 is 2.90 bits per heavy atom. The number of nitrogens with one attached hydrogen (secondary N) is 1. The largest absolute Gasteiger partial charge is 0.331 e. The Hall–Kier alpha value is -3.19. The van der Waals surface area contributed by atoms with Gasteiger partial charge in [-0.15, -0.1) is 0 Å². The minimum absolute atomic E-state index is 0.138. The number of hydrogen-bond donors (Lipinski definition) is 1. The number of nitrogens with zero attached hydrogens (tertiary/aromatic N) is 4. The number of anilines is 1. The minimum atomic E-state index is -0.280. The Labute approximate surface area is 171 Å². The first kappa shape index (κ1) is 19.1. The number of hydrogen-bond acceptors (Lipinski definition) is 3. The fourth-order valence-corrected chi connectivity index (χ4v) is 3.38. The van der Waals surface area contributed by atoms with Crippen LogP contribution in [0.5, 0.6) is 0 Å². The van der Waals surface area contributed by atoms with E-state index in [9.17, 15) is 9.18 Å². The van der Waals surface area contributed by atoms with Crippen LogP contribution in [0.1, 0.15) is 17.8 Å². The van der Waals surface area contributed by atoms with Crippen molar-refractivity contribution in [3.63, 3.8) is 0 Å². The van der Waals surface area contributed by atoms with Crippen LogP contribution < -0.4 is 5.32 Å². The van der Waals surface area contributed by atoms with E-state index in [-0.39, 0.29) is 18.1 Å². The number of carbonyl (C=O) groups is 1. The maximum atomic E-state index is 13.8. The molecule has 0 fully saturated rings. The van der Waals surface area contributed by atoms with Gasteiger partial charge in [0.25, 0.3) is 0 Å². The third-order valence-corrected chi connectivity index (χ3v) is 4.95. The lowest BCUT2D eigenvalue weighted by Crippen LogP contribution is -2.13. The summed E-state index contributed by atoms with van der Waals surface area (Å²) < 4.78 is 17.3. The molecule has 4 rings (SSSR count). The molecule has 0 bridgehead atoms. The van der Waals surface area contributed by atoms with Gasteiger partial charge in [-0.1, -0.05) is 29.8 Å². The number of aryl methyl sites for hydroxylation is 2. The number of fused-ring (bicyclic) bond motifs is 1. The number of imidazole rings is 1. The second kappa shape index (κ2) is 8.05. The van der Waals surface area contributed by atoms with Gasteiger partial charge in [-0.05, 0) is 24.3 Å². The molecule has 1 N–H and O–H groups in total. The first-order valence-electron chi connectivity index (χ1n) is 9.16. The second-order valence-electron chi connectivity index (χ2n) is 6.79. The molecule has 8 heteroatoms. The molecule has 2 heterocycles. The first-order chi connectivity index (χ1) is 14.0. The van der Waals surface area contributed by atoms with Crippen molar-refractivity contribution in [2.24, 2.45) is 7.05 Å². The van der Waals surface area contributed by atoms with Crippen LogP contribution in [0.15, 0.2) is 54.9 Å². The normalized spacial score (nSPS) is 11.1. The van der Waals surface area contributed by atoms with Crippen LogP contribution in [0.2, 0.25) is 5.02 Å². The topological polar surface area (TPSA) is 64.7 Å². The molecule has 6 nitrogen and oxygen atoms in total. The molecule has 0 atom stereocenters. The molecule has 148 valence electrons. The molecule has 0 unspecified atom stereocenters. The van der Waals surface area contributed by atoms with E-state index in [0.717, 1.165) is 16.9 Å². The van der Waals surface area contributed by atoms with E-state index < -0.39 is 0 Å². The quantitative estimate of drug-likeness (QED) is 0.517. The molecule has 0 aliphatic carbocycles. The maximum absolute atomic E-state index is 13.8. The maximum Gasteiger partial charge on any atom is 0.224 e. The second-order valence-corrected chi connectivity index (χ2v) is 7.22. The molecular weight excluding hydrogens is 393 g/mol. The van der Waals surface area contributed by atoms with Gasteiger partial charge < -0.3 is 9.88 Å². The zero-order valence-corrected chi connectivity index (χ0v) is 16.5. The molecule has 0 aliphatic rings. The van der Waals surface area contributed by atoms with E-state index in [1.165, 1.54) is 6.07 Å². The number of amides is 1. The molecule has 2 aromatic carbocycles. The molecule has 0 radical (unpaired) electrons. The molecule has 29 heavy (non-hydrogen) atoms. The van der Waals surface area contributed by atoms with E-state index in [1.807, 2.05) is 29.8 Å². The summed E-state index contributed by atoms with van der Waals surface area (Å²) in [6, 6.07) is 12.1. The number of halogens is 2. The van der Waals surface area contributed by atoms with Crippen molar-refractivity contribution in [1.82, 2.24) is 19.3 Å². The van der Waals surface area contributed by atoms with Crippen molar-refractivity contribution in [1.29, 1.82) is 0 Å². The highest BCUT2D eigenvalue weighted by Gasteiger charge is 2.11. The zero-order chi connectivity index (χ0) is 20.4. The highest BCUT2D eigenvalue weighted by atomic mass is 35.5. The van der Waals surface area contributed by atoms with Gasteiger partial charge in [0.1, 0.15) is 11.6 Å². The summed E-state index contributed by atoms with van der Waals surface area (Å²) >= 11 is 6.02. The third kappa shape index (κ3) is 4.30. The number of carbonyl (C=O) groups excluding carboxylic acids is 1. The number of benzene rings is 2. The average molecular weight is 412 g/mol. The van der Waals surface area contributed by atoms with Gasteiger partial charge in [0.15, 0.2) is 0 Å². The molecule has 4 aromatic rings. The number of aromatic nitrogens is 4. The van der Waals surface area contributed by atoms with Gasteiger partial charge in [-0.25, -0.2) is 9.37 Å². The highest BCUT2D eigenvalue weighted by Crippen LogP contribution is 2.20. The average Bonchev–Trinajstić information content (AvgIpc) is 3.25. The molecule has 0 spiro atoms. The summed E-state index contributed by atoms with van der Waals surface area (Å²) in [6.45, 7) is 0.297. The Bertz CT molecular complexity index is 1180. The fraction of sp³-hybridized carbons (Fsp3) is 0.190. The lowest BCUT2D eigenvalue weighted by molar-refractivity contribution is -0.116. The molecule has 0 saturated carbocycles. The van der Waals surface area contributed by atoms with Crippen molar-refractivity contribution >= 4 is 34.2 Å². The van der Waals surface area contributed by atoms with E-state index >= 15 is 0 Å². The molecule has 1 amide bonds. The van der Waals surface area contributed by atoms with Crippen LogP contribution in [0.4, 0.5) is 10.1 Å². The predicted octanol–water partition coefficient (Wildman–Crippen LogP) is 4.18. The Morgan fingerprint density at radius 1 is 1.24 bits per heavy atom. The van der Waals surface area contributed by atoms with Crippen LogP contribution in [0.3, 0.4) is 0 Å². The van der Waals surface area contributed by atoms with E-state index in [2.05, 4.69) is 15.4 Å². The monoisotopic (exact) mass is 411 g/mol. The SMILES string of the molecule is Cn1c(CCC(=O)Nc2cnn(Cc3ccccc3F)c2)nc2cc(Cl)ccc21. The first-order valence-corrected chi connectivity index (χ1v) is 9.54. The zero-order valence-electron chi connectivity index (χ0n) is 15.8. The third-order valence-electron chi connectivity index (χ3n) is 4.72. The van der Waals surface area contributed by atoms with Crippen LogP contribution in [-0.4, -0.2) is 25.2 Å². The van der Waals surface area contributed by atoms with Crippen molar-refractivity contribution in [2.45, 2.75) is 19.4 Å². The smallest absolute Gasteiger partial charge is 0.224 e. The van der Waals surface area contributed by atoms with Gasteiger partial charge in [-0.2, -0.15) is 5.10 Å². The predicted molar refractivity (Wildman–Crippen MR) is 110 cm³/mol. The van der Waals surface area contributed by atoms with E-state index in [4.69, 9.17) is 11.6 Å². The van der Waals surface area contributed by atoms with Crippen molar-refractivity contribution in [3.8, 4) is 0 Å². The molecule has 0 saturated heterocycles. The lowest BCUT2D eigenvalue weighted by Gasteiger charge is -2.04. The van der Waals surface area contributed by atoms with Crippen LogP contribution in [0.25, 0.3) is 11.0 Å². The summed E-state index contributed by atoms with van der Waals surface area (Å²) in [5.41, 5.74) is 2.89. The van der Waals surface area contributed by atoms with Crippen molar-refractivity contribution in [3.05, 3.63) is 77.1 Å². The Morgan fingerprint density at radius 2 is 2.07 bits per heavy atom. The molecule has 0 aliphatic heterocycles. The van der Waals surface area contributed by atoms with E-state index in [1.54, 1.807) is 35.3 Å². The van der Waals surface area contributed by atoms with Gasteiger partial charge in [0, 0.05) is 36.7 Å². The molecule has 2 aromatic heterocycles. The highest BCUT2D eigenvalue weighted by molar-refractivity contribution is 6.31. The Kier molecular flexibility index (Phi) is 5.31. The van der Waals surface area contributed by atoms with Crippen LogP contribution in [-0.2, 0) is 24.8 Å². The van der Waals surface area contributed by atoms with Crippen LogP contribution >= 0.6 is 11.6 Å². The van der Waals surface area contributed by atoms with Gasteiger partial charge in [0.05, 0.1) is 29.5 Å². The number of rotatable bonds is 6. The summed E-state index contributed by atoms with van der Waals surface area (Å²) in [7, 11) is 1.92. The van der Waals surface area contributed by atoms with Gasteiger partial charge in [-0.3, -0.25) is 9.48 Å². The van der Waals surface area contributed by atoms with E-state index in [0.29, 0.717) is 29.2 Å². The van der Waals surface area contributed by atoms with Gasteiger partial charge >= 0.3 is 0 Å². The standard InChI is InChI=1S/C21H19ClFN5O/c1-27-19-7-6-15(22)10-18(19)26-20(27)8-9-21(29)25-16-11-24-28(13-16)12-14-4-2-3-5-17(14)23/h2-7,10-11,13H,8-9,12H2,1H3,(H,25,29). The van der Waals surface area contributed by atoms with Gasteiger partial charge in [0.2, 0.25) is 5.91 Å². The summed E-state index contributed by atoms with van der Waals surface area (Å²) in [4.78, 5) is 16.9. The van der Waals surface area contributed by atoms with Crippen molar-refractivity contribution < 1.29 is 9.18 Å². The minimum Gasteiger partial charge on any atom is -0.331 e. The Balaban J connectivity index is 1.36. The van der Waals surface area contributed by atoms with Crippen LogP contribution in [0, 0.1) is 5.82 Å². The van der Waals surface area contributed by atoms with Crippen molar-refractivity contribution in [2.75, 3.05) is 5.32 Å².